The van der Waals surface area contributed by atoms with Crippen molar-refractivity contribution < 1.29 is 9.13 Å². The predicted octanol–water partition coefficient (Wildman–Crippen LogP) is 3.41. The molecule has 5 rings (SSSR count). The van der Waals surface area contributed by atoms with Gasteiger partial charge in [0.15, 0.2) is 22.9 Å². The first-order chi connectivity index (χ1) is 14.7. The maximum absolute atomic E-state index is 14.3. The van der Waals surface area contributed by atoms with E-state index in [1.807, 2.05) is 41.8 Å². The van der Waals surface area contributed by atoms with E-state index in [0.717, 1.165) is 5.69 Å². The van der Waals surface area contributed by atoms with Gasteiger partial charge in [-0.1, -0.05) is 18.2 Å². The van der Waals surface area contributed by atoms with Gasteiger partial charge in [-0.25, -0.2) is 24.3 Å². The first-order valence-corrected chi connectivity index (χ1v) is 9.24. The van der Waals surface area contributed by atoms with Crippen molar-refractivity contribution in [1.82, 2.24) is 34.5 Å². The van der Waals surface area contributed by atoms with Gasteiger partial charge in [0.1, 0.15) is 23.2 Å². The van der Waals surface area contributed by atoms with Crippen LogP contribution in [0.4, 0.5) is 10.2 Å². The Labute approximate surface area is 170 Å². The zero-order valence-corrected chi connectivity index (χ0v) is 16.2. The second-order valence-corrected chi connectivity index (χ2v) is 6.65. The van der Waals surface area contributed by atoms with E-state index in [9.17, 15) is 4.39 Å². The van der Waals surface area contributed by atoms with Gasteiger partial charge in [-0.2, -0.15) is 4.98 Å². The summed E-state index contributed by atoms with van der Waals surface area (Å²) in [5.74, 6) is 0.586. The number of rotatable bonds is 5. The van der Waals surface area contributed by atoms with Crippen molar-refractivity contribution in [1.29, 1.82) is 0 Å². The number of pyridine rings is 1. The molecule has 0 amide bonds. The van der Waals surface area contributed by atoms with Gasteiger partial charge in [0.2, 0.25) is 0 Å². The highest BCUT2D eigenvalue weighted by Crippen LogP contribution is 2.29. The molecule has 150 valence electrons. The van der Waals surface area contributed by atoms with Crippen molar-refractivity contribution in [3.63, 3.8) is 0 Å². The van der Waals surface area contributed by atoms with E-state index in [0.29, 0.717) is 34.0 Å². The lowest BCUT2D eigenvalue weighted by Gasteiger charge is -2.16. The molecule has 0 aliphatic heterocycles. The average molecular weight is 404 g/mol. The van der Waals surface area contributed by atoms with E-state index >= 15 is 0 Å². The fourth-order valence-electron chi connectivity index (χ4n) is 3.39. The SMILES string of the molecule is COc1nc2c(cc1F)nc([C@H](C)Nc1ncnc3nc[nH]c13)n2-c1ccccc1. The molecule has 0 spiro atoms. The first kappa shape index (κ1) is 18.0. The Morgan fingerprint density at radius 3 is 2.77 bits per heavy atom. The van der Waals surface area contributed by atoms with Crippen molar-refractivity contribution in [2.45, 2.75) is 13.0 Å². The summed E-state index contributed by atoms with van der Waals surface area (Å²) in [6.45, 7) is 1.94. The summed E-state index contributed by atoms with van der Waals surface area (Å²) in [5.41, 5.74) is 3.02. The normalized spacial score (nSPS) is 12.4. The molecule has 0 bridgehead atoms. The number of halogens is 1. The number of para-hydroxylation sites is 1. The molecule has 30 heavy (non-hydrogen) atoms. The van der Waals surface area contributed by atoms with Crippen LogP contribution in [0, 0.1) is 5.82 Å². The van der Waals surface area contributed by atoms with Crippen LogP contribution in [0.2, 0.25) is 0 Å². The van der Waals surface area contributed by atoms with Gasteiger partial charge in [0.25, 0.3) is 5.88 Å². The molecule has 2 N–H and O–H groups in total. The Kier molecular flexibility index (Phi) is 4.24. The number of imidazole rings is 2. The Morgan fingerprint density at radius 1 is 1.13 bits per heavy atom. The number of aromatic nitrogens is 7. The van der Waals surface area contributed by atoms with Gasteiger partial charge in [0, 0.05) is 11.8 Å². The number of aromatic amines is 1. The molecule has 0 fully saturated rings. The monoisotopic (exact) mass is 404 g/mol. The summed E-state index contributed by atoms with van der Waals surface area (Å²) in [6, 6.07) is 10.7. The van der Waals surface area contributed by atoms with Gasteiger partial charge in [0.05, 0.1) is 19.5 Å². The van der Waals surface area contributed by atoms with Gasteiger partial charge in [-0.05, 0) is 19.1 Å². The standard InChI is InChI=1S/C20H17FN8O/c1-11(26-17-15-16(23-9-22-15)24-10-25-17)18-27-14-8-13(21)20(30-2)28-19(14)29(18)12-6-4-3-5-7-12/h3-11H,1-2H3,(H2,22,23,24,25,26)/t11-/m0/s1. The third-order valence-corrected chi connectivity index (χ3v) is 4.75. The molecule has 0 aliphatic carbocycles. The van der Waals surface area contributed by atoms with Crippen LogP contribution in [0.5, 0.6) is 5.88 Å². The topological polar surface area (TPSA) is 106 Å². The van der Waals surface area contributed by atoms with Crippen LogP contribution in [0.25, 0.3) is 28.0 Å². The second-order valence-electron chi connectivity index (χ2n) is 6.65. The second kappa shape index (κ2) is 7.07. The molecule has 4 heterocycles. The van der Waals surface area contributed by atoms with Gasteiger partial charge in [-0.3, -0.25) is 4.57 Å². The zero-order valence-electron chi connectivity index (χ0n) is 16.2. The van der Waals surface area contributed by atoms with Gasteiger partial charge in [-0.15, -0.1) is 0 Å². The number of fused-ring (bicyclic) bond motifs is 2. The van der Waals surface area contributed by atoms with Gasteiger partial charge >= 0.3 is 0 Å². The number of hydrogen-bond donors (Lipinski definition) is 2. The van der Waals surface area contributed by atoms with Crippen LogP contribution in [-0.4, -0.2) is 41.6 Å². The van der Waals surface area contributed by atoms with E-state index in [-0.39, 0.29) is 11.9 Å². The van der Waals surface area contributed by atoms with Crippen molar-refractivity contribution in [2.75, 3.05) is 12.4 Å². The van der Waals surface area contributed by atoms with Crippen LogP contribution < -0.4 is 10.1 Å². The summed E-state index contributed by atoms with van der Waals surface area (Å²) in [5, 5.41) is 3.34. The third kappa shape index (κ3) is 2.89. The molecule has 5 aromatic rings. The number of methoxy groups -OCH3 is 1. The maximum Gasteiger partial charge on any atom is 0.252 e. The van der Waals surface area contributed by atoms with E-state index < -0.39 is 5.82 Å². The molecule has 9 nitrogen and oxygen atoms in total. The van der Waals surface area contributed by atoms with Crippen molar-refractivity contribution >= 4 is 28.1 Å². The quantitative estimate of drug-likeness (QED) is 0.462. The Bertz CT molecular complexity index is 1350. The fraction of sp³-hybridized carbons (Fsp3) is 0.150. The minimum absolute atomic E-state index is 0.0817. The molecule has 0 unspecified atom stereocenters. The summed E-state index contributed by atoms with van der Waals surface area (Å²) in [7, 11) is 1.39. The van der Waals surface area contributed by atoms with Gasteiger partial charge < -0.3 is 15.0 Å². The van der Waals surface area contributed by atoms with Crippen molar-refractivity contribution in [3.05, 3.63) is 60.7 Å². The fourth-order valence-corrected chi connectivity index (χ4v) is 3.39. The Hall–Kier alpha value is -4.08. The highest BCUT2D eigenvalue weighted by Gasteiger charge is 2.22. The van der Waals surface area contributed by atoms with E-state index in [1.54, 1.807) is 6.33 Å². The maximum atomic E-state index is 14.3. The molecular formula is C20H17FN8O. The largest absolute Gasteiger partial charge is 0.479 e. The van der Waals surface area contributed by atoms with Crippen LogP contribution in [0.3, 0.4) is 0 Å². The molecule has 4 aromatic heterocycles. The minimum Gasteiger partial charge on any atom is -0.479 e. The van der Waals surface area contributed by atoms with Crippen LogP contribution in [-0.2, 0) is 0 Å². The molecule has 0 saturated carbocycles. The molecule has 0 aliphatic rings. The Balaban J connectivity index is 1.66. The highest BCUT2D eigenvalue weighted by molar-refractivity contribution is 5.82. The number of ether oxygens (including phenoxy) is 1. The lowest BCUT2D eigenvalue weighted by molar-refractivity contribution is 0.371. The first-order valence-electron chi connectivity index (χ1n) is 9.24. The highest BCUT2D eigenvalue weighted by atomic mass is 19.1. The zero-order chi connectivity index (χ0) is 20.7. The van der Waals surface area contributed by atoms with Crippen LogP contribution >= 0.6 is 0 Å². The number of hydrogen-bond acceptors (Lipinski definition) is 7. The number of benzene rings is 1. The van der Waals surface area contributed by atoms with E-state index in [2.05, 4.69) is 35.2 Å². The molecular weight excluding hydrogens is 387 g/mol. The van der Waals surface area contributed by atoms with Crippen molar-refractivity contribution in [2.24, 2.45) is 0 Å². The molecule has 10 heteroatoms. The summed E-state index contributed by atoms with van der Waals surface area (Å²) < 4.78 is 21.2. The molecule has 1 aromatic carbocycles. The third-order valence-electron chi connectivity index (χ3n) is 4.75. The van der Waals surface area contributed by atoms with E-state index in [1.165, 1.54) is 19.5 Å². The number of nitrogens with one attached hydrogen (secondary N) is 2. The average Bonchev–Trinajstić information content (AvgIpc) is 3.38. The van der Waals surface area contributed by atoms with Crippen LogP contribution in [0.15, 0.2) is 49.1 Å². The molecule has 0 radical (unpaired) electrons. The predicted molar refractivity (Wildman–Crippen MR) is 109 cm³/mol. The lowest BCUT2D eigenvalue weighted by Crippen LogP contribution is -2.14. The number of anilines is 1. The van der Waals surface area contributed by atoms with E-state index in [4.69, 9.17) is 4.74 Å². The van der Waals surface area contributed by atoms with Crippen LogP contribution in [0.1, 0.15) is 18.8 Å². The summed E-state index contributed by atoms with van der Waals surface area (Å²) in [4.78, 5) is 24.7. The molecule has 0 saturated heterocycles. The summed E-state index contributed by atoms with van der Waals surface area (Å²) >= 11 is 0. The summed E-state index contributed by atoms with van der Waals surface area (Å²) in [6.07, 6.45) is 3.01. The minimum atomic E-state index is -0.565. The Morgan fingerprint density at radius 2 is 1.97 bits per heavy atom. The lowest BCUT2D eigenvalue weighted by atomic mass is 10.2. The molecule has 1 atom stereocenters. The number of H-pyrrole nitrogens is 1. The smallest absolute Gasteiger partial charge is 0.252 e. The number of nitrogens with zero attached hydrogens (tertiary/aromatic N) is 6. The van der Waals surface area contributed by atoms with Crippen molar-refractivity contribution in [3.8, 4) is 11.6 Å².